The molecule has 0 saturated carbocycles. The normalized spacial score (nSPS) is 18.4. The molecule has 8 heteroatoms. The van der Waals surface area contributed by atoms with Crippen molar-refractivity contribution in [1.29, 1.82) is 0 Å². The number of aromatic nitrogens is 1. The van der Waals surface area contributed by atoms with Crippen molar-refractivity contribution in [1.82, 2.24) is 10.3 Å². The number of nitrogens with zero attached hydrogens (tertiary/aromatic N) is 3. The molecule has 1 aliphatic rings. The van der Waals surface area contributed by atoms with E-state index in [0.29, 0.717) is 28.0 Å². The molecule has 0 aliphatic carbocycles. The quantitative estimate of drug-likeness (QED) is 0.467. The Kier molecular flexibility index (Phi) is 7.29. The second-order valence-corrected chi connectivity index (χ2v) is 8.88. The van der Waals surface area contributed by atoms with Crippen LogP contribution in [0, 0.1) is 5.92 Å². The molecule has 0 bridgehead atoms. The van der Waals surface area contributed by atoms with Crippen molar-refractivity contribution >= 4 is 47.1 Å². The predicted molar refractivity (Wildman–Crippen MR) is 123 cm³/mol. The van der Waals surface area contributed by atoms with Gasteiger partial charge in [-0.3, -0.25) is 4.98 Å². The molecule has 2 aromatic rings. The van der Waals surface area contributed by atoms with Gasteiger partial charge < -0.3 is 10.1 Å². The number of nitrogens with one attached hydrogen (secondary N) is 1. The van der Waals surface area contributed by atoms with Gasteiger partial charge in [0.05, 0.1) is 0 Å². The fraction of sp³-hybridized carbons (Fsp3) is 0.286. The average Bonchev–Trinajstić information content (AvgIpc) is 3.05. The van der Waals surface area contributed by atoms with Crippen LogP contribution >= 0.6 is 35.6 Å². The lowest BCUT2D eigenvalue weighted by molar-refractivity contribution is -0.819. The summed E-state index contributed by atoms with van der Waals surface area (Å²) in [5.41, 5.74) is 2.13. The first-order valence-electron chi connectivity index (χ1n) is 9.27. The van der Waals surface area contributed by atoms with Crippen LogP contribution in [0.3, 0.4) is 0 Å². The molecule has 3 rings (SSSR count). The molecule has 152 valence electrons. The van der Waals surface area contributed by atoms with E-state index in [0.717, 1.165) is 21.2 Å². The Labute approximate surface area is 186 Å². The van der Waals surface area contributed by atoms with Crippen molar-refractivity contribution in [2.24, 2.45) is 10.9 Å². The van der Waals surface area contributed by atoms with E-state index in [4.69, 9.17) is 33.5 Å². The average molecular weight is 448 g/mol. The summed E-state index contributed by atoms with van der Waals surface area (Å²) in [5, 5.41) is 5.04. The van der Waals surface area contributed by atoms with E-state index in [2.05, 4.69) is 36.3 Å². The molecular weight excluding hydrogens is 424 g/mol. The smallest absolute Gasteiger partial charge is 0.260 e. The SMILES string of the molecule is CNC(=S)OC[N+]1(Cc2cccnc2)C=NC(C(C)C)=C1Sc1cccc(Cl)c1. The standard InChI is InChI=1S/C21H23ClN4OS2/c1-15(2)19-20(29-18-8-4-7-17(22)10-18)26(13-25-19,14-27-21(28)23-3)12-16-6-5-9-24-11-16/h4-11,13,15H,12,14H2,1-3H3/p+1. The lowest BCUT2D eigenvalue weighted by atomic mass is 10.1. The summed E-state index contributed by atoms with van der Waals surface area (Å²) in [4.78, 5) is 10.1. The van der Waals surface area contributed by atoms with E-state index in [1.165, 1.54) is 0 Å². The second-order valence-electron chi connectivity index (χ2n) is 7.01. The fourth-order valence-corrected chi connectivity index (χ4v) is 4.61. The van der Waals surface area contributed by atoms with E-state index in [9.17, 15) is 0 Å². The summed E-state index contributed by atoms with van der Waals surface area (Å²) in [6, 6.07) is 11.9. The number of hydrogen-bond acceptors (Lipinski definition) is 5. The molecule has 0 amide bonds. The largest absolute Gasteiger partial charge is 0.419 e. The van der Waals surface area contributed by atoms with Crippen LogP contribution in [-0.4, -0.2) is 34.8 Å². The molecule has 1 aliphatic heterocycles. The number of pyridine rings is 1. The minimum atomic E-state index is 0.262. The Morgan fingerprint density at radius 3 is 2.79 bits per heavy atom. The first-order valence-corrected chi connectivity index (χ1v) is 10.9. The summed E-state index contributed by atoms with van der Waals surface area (Å²) in [6.07, 6.45) is 5.60. The van der Waals surface area contributed by atoms with Gasteiger partial charge in [0.15, 0.2) is 6.34 Å². The minimum absolute atomic E-state index is 0.262. The van der Waals surface area contributed by atoms with Crippen molar-refractivity contribution in [2.45, 2.75) is 25.3 Å². The number of ether oxygens (including phenoxy) is 1. The molecule has 0 radical (unpaired) electrons. The number of thioether (sulfide) groups is 1. The van der Waals surface area contributed by atoms with Crippen LogP contribution in [0.5, 0.6) is 0 Å². The van der Waals surface area contributed by atoms with Crippen molar-refractivity contribution < 1.29 is 9.22 Å². The van der Waals surface area contributed by atoms with Crippen LogP contribution in [0.2, 0.25) is 5.02 Å². The number of benzene rings is 1. The molecule has 0 saturated heterocycles. The highest BCUT2D eigenvalue weighted by atomic mass is 35.5. The molecule has 1 aromatic carbocycles. The molecule has 1 unspecified atom stereocenters. The lowest BCUT2D eigenvalue weighted by Gasteiger charge is -2.32. The first kappa shape index (κ1) is 21.8. The van der Waals surface area contributed by atoms with Crippen molar-refractivity contribution in [2.75, 3.05) is 13.8 Å². The molecule has 1 aromatic heterocycles. The highest BCUT2D eigenvalue weighted by Crippen LogP contribution is 2.43. The van der Waals surface area contributed by atoms with Crippen LogP contribution in [0.15, 0.2) is 69.4 Å². The van der Waals surface area contributed by atoms with Crippen LogP contribution in [0.25, 0.3) is 0 Å². The molecule has 0 spiro atoms. The molecule has 29 heavy (non-hydrogen) atoms. The summed E-state index contributed by atoms with van der Waals surface area (Å²) >= 11 is 13.1. The zero-order chi connectivity index (χ0) is 20.9. The van der Waals surface area contributed by atoms with Gasteiger partial charge in [-0.05, 0) is 48.2 Å². The van der Waals surface area contributed by atoms with Gasteiger partial charge in [0.2, 0.25) is 11.8 Å². The minimum Gasteiger partial charge on any atom is -0.419 e. The first-order chi connectivity index (χ1) is 13.9. The third-order valence-corrected chi connectivity index (χ3v) is 6.23. The van der Waals surface area contributed by atoms with Gasteiger partial charge in [-0.15, -0.1) is 0 Å². The highest BCUT2D eigenvalue weighted by Gasteiger charge is 2.41. The third kappa shape index (κ3) is 5.36. The molecule has 0 fully saturated rings. The maximum atomic E-state index is 6.23. The van der Waals surface area contributed by atoms with Gasteiger partial charge in [0, 0.05) is 40.8 Å². The molecular formula is C21H24ClN4OS2+. The van der Waals surface area contributed by atoms with Gasteiger partial charge in [-0.1, -0.05) is 37.6 Å². The molecule has 2 heterocycles. The Morgan fingerprint density at radius 2 is 2.14 bits per heavy atom. The topological polar surface area (TPSA) is 46.5 Å². The maximum absolute atomic E-state index is 6.23. The summed E-state index contributed by atoms with van der Waals surface area (Å²) < 4.78 is 6.28. The van der Waals surface area contributed by atoms with Crippen molar-refractivity contribution in [3.8, 4) is 0 Å². The number of hydrogen-bond donors (Lipinski definition) is 1. The number of halogens is 1. The zero-order valence-corrected chi connectivity index (χ0v) is 19.0. The molecule has 5 nitrogen and oxygen atoms in total. The van der Waals surface area contributed by atoms with E-state index in [1.807, 2.05) is 36.8 Å². The van der Waals surface area contributed by atoms with E-state index < -0.39 is 0 Å². The van der Waals surface area contributed by atoms with Crippen LogP contribution in [0.1, 0.15) is 19.4 Å². The van der Waals surface area contributed by atoms with Gasteiger partial charge in [0.25, 0.3) is 5.17 Å². The highest BCUT2D eigenvalue weighted by molar-refractivity contribution is 8.02. The van der Waals surface area contributed by atoms with Gasteiger partial charge in [-0.25, -0.2) is 9.48 Å². The fourth-order valence-electron chi connectivity index (χ4n) is 3.00. The number of allylic oxidation sites excluding steroid dienone is 1. The van der Waals surface area contributed by atoms with Crippen LogP contribution in [-0.2, 0) is 11.3 Å². The van der Waals surface area contributed by atoms with Gasteiger partial charge >= 0.3 is 0 Å². The van der Waals surface area contributed by atoms with Crippen molar-refractivity contribution in [3.63, 3.8) is 0 Å². The van der Waals surface area contributed by atoms with E-state index >= 15 is 0 Å². The maximum Gasteiger partial charge on any atom is 0.260 e. The summed E-state index contributed by atoms with van der Waals surface area (Å²) in [7, 11) is 1.75. The van der Waals surface area contributed by atoms with Gasteiger partial charge in [-0.2, -0.15) is 0 Å². The zero-order valence-electron chi connectivity index (χ0n) is 16.6. The number of quaternary nitrogens is 1. The second kappa shape index (κ2) is 9.71. The summed E-state index contributed by atoms with van der Waals surface area (Å²) in [6.45, 7) is 5.28. The Balaban J connectivity index is 2.02. The lowest BCUT2D eigenvalue weighted by Crippen LogP contribution is -2.45. The Hall–Kier alpha value is -1.93. The van der Waals surface area contributed by atoms with Crippen LogP contribution < -0.4 is 5.32 Å². The summed E-state index contributed by atoms with van der Waals surface area (Å²) in [5.74, 6) is 0.262. The number of rotatable bonds is 7. The Morgan fingerprint density at radius 1 is 1.31 bits per heavy atom. The van der Waals surface area contributed by atoms with Gasteiger partial charge in [0.1, 0.15) is 12.2 Å². The van der Waals surface area contributed by atoms with Crippen molar-refractivity contribution in [3.05, 3.63) is 70.1 Å². The Bertz CT molecular complexity index is 933. The molecule has 1 N–H and O–H groups in total. The predicted octanol–water partition coefficient (Wildman–Crippen LogP) is 5.19. The molecule has 1 atom stereocenters. The van der Waals surface area contributed by atoms with E-state index in [1.54, 1.807) is 25.0 Å². The monoisotopic (exact) mass is 447 g/mol. The van der Waals surface area contributed by atoms with E-state index in [-0.39, 0.29) is 5.92 Å². The number of aliphatic imine (C=N–C) groups is 1. The third-order valence-electron chi connectivity index (χ3n) is 4.42. The van der Waals surface area contributed by atoms with Crippen LogP contribution in [0.4, 0.5) is 0 Å². The number of thiocarbonyl (C=S) groups is 1.